The number of aromatic nitrogens is 1. The van der Waals surface area contributed by atoms with Crippen molar-refractivity contribution in [2.24, 2.45) is 4.99 Å². The molecule has 1 aliphatic rings. The lowest BCUT2D eigenvalue weighted by Gasteiger charge is -2.22. The zero-order chi connectivity index (χ0) is 13.8. The van der Waals surface area contributed by atoms with Crippen LogP contribution in [0.15, 0.2) is 23.3 Å². The standard InChI is InChI=1S/C13H20FN5/c1-15-13(18(2)3)17-10-6-8-19(9-10)12-11(14)5-4-7-16-12/h4-5,7,10H,6,8-9H2,1-3H3,(H,15,17). The van der Waals surface area contributed by atoms with Crippen molar-refractivity contribution in [1.29, 1.82) is 0 Å². The Morgan fingerprint density at radius 3 is 3.00 bits per heavy atom. The summed E-state index contributed by atoms with van der Waals surface area (Å²) in [5.74, 6) is 1.01. The van der Waals surface area contributed by atoms with Crippen LogP contribution in [-0.4, -0.2) is 56.1 Å². The number of nitrogens with zero attached hydrogens (tertiary/aromatic N) is 4. The summed E-state index contributed by atoms with van der Waals surface area (Å²) >= 11 is 0. The van der Waals surface area contributed by atoms with Crippen molar-refractivity contribution in [3.8, 4) is 0 Å². The largest absolute Gasteiger partial charge is 0.352 e. The lowest BCUT2D eigenvalue weighted by atomic mass is 10.3. The van der Waals surface area contributed by atoms with Crippen LogP contribution in [0.5, 0.6) is 0 Å². The van der Waals surface area contributed by atoms with Crippen molar-refractivity contribution in [3.05, 3.63) is 24.1 Å². The fourth-order valence-electron chi connectivity index (χ4n) is 2.26. The number of hydrogen-bond acceptors (Lipinski definition) is 3. The van der Waals surface area contributed by atoms with E-state index in [1.807, 2.05) is 23.9 Å². The van der Waals surface area contributed by atoms with E-state index in [2.05, 4.69) is 15.3 Å². The summed E-state index contributed by atoms with van der Waals surface area (Å²) in [7, 11) is 5.65. The van der Waals surface area contributed by atoms with E-state index < -0.39 is 0 Å². The van der Waals surface area contributed by atoms with Gasteiger partial charge in [-0.05, 0) is 18.6 Å². The van der Waals surface area contributed by atoms with Gasteiger partial charge in [0.25, 0.3) is 0 Å². The Balaban J connectivity index is 1.99. The predicted octanol–water partition coefficient (Wildman–Crippen LogP) is 0.936. The molecule has 0 bridgehead atoms. The summed E-state index contributed by atoms with van der Waals surface area (Å²) in [6.07, 6.45) is 2.57. The van der Waals surface area contributed by atoms with Crippen LogP contribution in [0.4, 0.5) is 10.2 Å². The smallest absolute Gasteiger partial charge is 0.193 e. The molecule has 1 N–H and O–H groups in total. The van der Waals surface area contributed by atoms with Gasteiger partial charge in [-0.2, -0.15) is 0 Å². The van der Waals surface area contributed by atoms with E-state index in [0.29, 0.717) is 5.82 Å². The van der Waals surface area contributed by atoms with Gasteiger partial charge < -0.3 is 15.1 Å². The van der Waals surface area contributed by atoms with Gasteiger partial charge in [0.15, 0.2) is 17.6 Å². The van der Waals surface area contributed by atoms with Crippen LogP contribution in [-0.2, 0) is 0 Å². The van der Waals surface area contributed by atoms with Crippen molar-refractivity contribution >= 4 is 11.8 Å². The van der Waals surface area contributed by atoms with Gasteiger partial charge in [0.2, 0.25) is 0 Å². The minimum absolute atomic E-state index is 0.264. The molecule has 5 nitrogen and oxygen atoms in total. The Kier molecular flexibility index (Phi) is 4.19. The first-order valence-corrected chi connectivity index (χ1v) is 6.38. The van der Waals surface area contributed by atoms with Crippen molar-refractivity contribution in [2.45, 2.75) is 12.5 Å². The molecule has 6 heteroatoms. The molecule has 0 amide bonds. The molecule has 0 spiro atoms. The second-order valence-corrected chi connectivity index (χ2v) is 4.83. The van der Waals surface area contributed by atoms with Gasteiger partial charge in [0, 0.05) is 46.5 Å². The summed E-state index contributed by atoms with van der Waals surface area (Å²) in [6.45, 7) is 1.54. The van der Waals surface area contributed by atoms with Crippen LogP contribution in [0, 0.1) is 5.82 Å². The van der Waals surface area contributed by atoms with Crippen LogP contribution >= 0.6 is 0 Å². The van der Waals surface area contributed by atoms with E-state index in [1.54, 1.807) is 19.3 Å². The summed E-state index contributed by atoms with van der Waals surface area (Å²) in [6, 6.07) is 3.32. The normalized spacial score (nSPS) is 19.7. The lowest BCUT2D eigenvalue weighted by Crippen LogP contribution is -2.44. The summed E-state index contributed by atoms with van der Waals surface area (Å²) in [5, 5.41) is 3.37. The van der Waals surface area contributed by atoms with Crippen molar-refractivity contribution in [1.82, 2.24) is 15.2 Å². The fraction of sp³-hybridized carbons (Fsp3) is 0.538. The van der Waals surface area contributed by atoms with E-state index >= 15 is 0 Å². The number of pyridine rings is 1. The van der Waals surface area contributed by atoms with Gasteiger partial charge in [0.05, 0.1) is 0 Å². The van der Waals surface area contributed by atoms with Gasteiger partial charge in [-0.3, -0.25) is 4.99 Å². The highest BCUT2D eigenvalue weighted by Crippen LogP contribution is 2.20. The van der Waals surface area contributed by atoms with E-state index in [0.717, 1.165) is 25.5 Å². The zero-order valence-electron chi connectivity index (χ0n) is 11.6. The lowest BCUT2D eigenvalue weighted by molar-refractivity contribution is 0.548. The highest BCUT2D eigenvalue weighted by Gasteiger charge is 2.26. The molecule has 2 rings (SSSR count). The van der Waals surface area contributed by atoms with E-state index in [-0.39, 0.29) is 11.9 Å². The Morgan fingerprint density at radius 1 is 1.58 bits per heavy atom. The number of hydrogen-bond donors (Lipinski definition) is 1. The van der Waals surface area contributed by atoms with Crippen LogP contribution in [0.25, 0.3) is 0 Å². The quantitative estimate of drug-likeness (QED) is 0.638. The second kappa shape index (κ2) is 5.86. The average Bonchev–Trinajstić information content (AvgIpc) is 2.84. The molecular formula is C13H20FN5. The molecule has 0 aliphatic carbocycles. The molecule has 1 atom stereocenters. The third-order valence-corrected chi connectivity index (χ3v) is 3.20. The second-order valence-electron chi connectivity index (χ2n) is 4.83. The first kappa shape index (κ1) is 13.6. The summed E-state index contributed by atoms with van der Waals surface area (Å²) in [4.78, 5) is 12.2. The van der Waals surface area contributed by atoms with Gasteiger partial charge in [0.1, 0.15) is 0 Å². The molecule has 1 aromatic rings. The molecule has 1 saturated heterocycles. The van der Waals surface area contributed by atoms with Crippen LogP contribution in [0.2, 0.25) is 0 Å². The van der Waals surface area contributed by atoms with Crippen LogP contribution in [0.3, 0.4) is 0 Å². The number of anilines is 1. The molecule has 19 heavy (non-hydrogen) atoms. The zero-order valence-corrected chi connectivity index (χ0v) is 11.6. The molecule has 2 heterocycles. The van der Waals surface area contributed by atoms with Gasteiger partial charge in [-0.25, -0.2) is 9.37 Å². The summed E-state index contributed by atoms with van der Waals surface area (Å²) < 4.78 is 13.7. The van der Waals surface area contributed by atoms with Gasteiger partial charge in [-0.15, -0.1) is 0 Å². The predicted molar refractivity (Wildman–Crippen MR) is 75.0 cm³/mol. The monoisotopic (exact) mass is 265 g/mol. The van der Waals surface area contributed by atoms with Crippen LogP contribution in [0.1, 0.15) is 6.42 Å². The van der Waals surface area contributed by atoms with Crippen molar-refractivity contribution < 1.29 is 4.39 Å². The van der Waals surface area contributed by atoms with Gasteiger partial charge in [-0.1, -0.05) is 0 Å². The van der Waals surface area contributed by atoms with Crippen molar-refractivity contribution in [2.75, 3.05) is 39.1 Å². The topological polar surface area (TPSA) is 43.8 Å². The van der Waals surface area contributed by atoms with Gasteiger partial charge >= 0.3 is 0 Å². The molecule has 1 unspecified atom stereocenters. The fourth-order valence-corrected chi connectivity index (χ4v) is 2.26. The number of halogens is 1. The Bertz CT molecular complexity index is 460. The number of rotatable bonds is 2. The third-order valence-electron chi connectivity index (χ3n) is 3.20. The van der Waals surface area contributed by atoms with Crippen molar-refractivity contribution in [3.63, 3.8) is 0 Å². The SMILES string of the molecule is CN=C(NC1CCN(c2ncccc2F)C1)N(C)C. The van der Waals surface area contributed by atoms with E-state index in [4.69, 9.17) is 0 Å². The third kappa shape index (κ3) is 3.13. The Hall–Kier alpha value is -1.85. The molecule has 0 saturated carbocycles. The maximum absolute atomic E-state index is 13.7. The highest BCUT2D eigenvalue weighted by atomic mass is 19.1. The molecule has 104 valence electrons. The minimum Gasteiger partial charge on any atom is -0.352 e. The number of nitrogens with one attached hydrogen (secondary N) is 1. The highest BCUT2D eigenvalue weighted by molar-refractivity contribution is 5.79. The summed E-state index contributed by atoms with van der Waals surface area (Å²) in [5.41, 5.74) is 0. The van der Waals surface area contributed by atoms with Crippen LogP contribution < -0.4 is 10.2 Å². The molecule has 0 aromatic carbocycles. The minimum atomic E-state index is -0.264. The average molecular weight is 265 g/mol. The molecule has 1 fully saturated rings. The van der Waals surface area contributed by atoms with E-state index in [1.165, 1.54) is 6.07 Å². The first-order chi connectivity index (χ1) is 9.11. The first-order valence-electron chi connectivity index (χ1n) is 6.38. The molecule has 1 aromatic heterocycles. The number of guanidine groups is 1. The molecule has 0 radical (unpaired) electrons. The Labute approximate surface area is 113 Å². The number of aliphatic imine (C=N–C) groups is 1. The maximum Gasteiger partial charge on any atom is 0.193 e. The molecular weight excluding hydrogens is 245 g/mol. The molecule has 1 aliphatic heterocycles. The maximum atomic E-state index is 13.7. The Morgan fingerprint density at radius 2 is 2.37 bits per heavy atom. The van der Waals surface area contributed by atoms with E-state index in [9.17, 15) is 4.39 Å².